The number of thiazole rings is 1. The topological polar surface area (TPSA) is 85.4 Å². The van der Waals surface area contributed by atoms with Gasteiger partial charge in [0, 0.05) is 29.8 Å². The van der Waals surface area contributed by atoms with Crippen molar-refractivity contribution in [3.63, 3.8) is 0 Å². The van der Waals surface area contributed by atoms with E-state index in [1.807, 2.05) is 29.6 Å². The van der Waals surface area contributed by atoms with Crippen LogP contribution in [-0.2, 0) is 21.1 Å². The number of amides is 1. The molecule has 2 heterocycles. The van der Waals surface area contributed by atoms with Gasteiger partial charge in [-0.15, -0.1) is 11.3 Å². The van der Waals surface area contributed by atoms with E-state index in [0.717, 1.165) is 22.0 Å². The molecule has 1 N–H and O–H groups in total. The van der Waals surface area contributed by atoms with Gasteiger partial charge >= 0.3 is 0 Å². The molecule has 1 atom stereocenters. The molecule has 1 aromatic heterocycles. The predicted octanol–water partition coefficient (Wildman–Crippen LogP) is 2.05. The Morgan fingerprint density at radius 2 is 2.12 bits per heavy atom. The van der Waals surface area contributed by atoms with Crippen LogP contribution in [0, 0.1) is 0 Å². The SMILES string of the molecule is COc1ccc(-c2csc(CCC(=O)NC3CCS(=O)(=O)C3)n2)cc1. The van der Waals surface area contributed by atoms with Crippen molar-refractivity contribution in [2.75, 3.05) is 18.6 Å². The lowest BCUT2D eigenvalue weighted by molar-refractivity contribution is -0.121. The number of aryl methyl sites for hydroxylation is 1. The molecule has 6 nitrogen and oxygen atoms in total. The van der Waals surface area contributed by atoms with Gasteiger partial charge in [0.25, 0.3) is 0 Å². The maximum Gasteiger partial charge on any atom is 0.220 e. The van der Waals surface area contributed by atoms with Crippen molar-refractivity contribution in [1.29, 1.82) is 0 Å². The van der Waals surface area contributed by atoms with Crippen LogP contribution in [0.1, 0.15) is 17.8 Å². The van der Waals surface area contributed by atoms with E-state index in [1.54, 1.807) is 7.11 Å². The fraction of sp³-hybridized carbons (Fsp3) is 0.412. The van der Waals surface area contributed by atoms with Crippen LogP contribution >= 0.6 is 11.3 Å². The smallest absolute Gasteiger partial charge is 0.220 e. The highest BCUT2D eigenvalue weighted by Gasteiger charge is 2.28. The molecule has 1 aromatic carbocycles. The second-order valence-corrected chi connectivity index (χ2v) is 9.19. The second-order valence-electron chi connectivity index (χ2n) is 6.02. The Bertz CT molecular complexity index is 844. The number of hydrogen-bond donors (Lipinski definition) is 1. The summed E-state index contributed by atoms with van der Waals surface area (Å²) in [5.74, 6) is 0.890. The van der Waals surface area contributed by atoms with E-state index in [0.29, 0.717) is 19.3 Å². The molecule has 3 rings (SSSR count). The van der Waals surface area contributed by atoms with Gasteiger partial charge in [-0.25, -0.2) is 13.4 Å². The fourth-order valence-electron chi connectivity index (χ4n) is 2.75. The van der Waals surface area contributed by atoms with Crippen molar-refractivity contribution < 1.29 is 17.9 Å². The Balaban J connectivity index is 1.52. The molecule has 1 aliphatic rings. The van der Waals surface area contributed by atoms with E-state index in [2.05, 4.69) is 10.3 Å². The van der Waals surface area contributed by atoms with Crippen molar-refractivity contribution in [3.05, 3.63) is 34.7 Å². The maximum absolute atomic E-state index is 12.0. The molecule has 0 saturated carbocycles. The number of ether oxygens (including phenoxy) is 1. The molecule has 25 heavy (non-hydrogen) atoms. The molecular formula is C17H20N2O4S2. The number of hydrogen-bond acceptors (Lipinski definition) is 6. The summed E-state index contributed by atoms with van der Waals surface area (Å²) in [7, 11) is -1.35. The summed E-state index contributed by atoms with van der Waals surface area (Å²) in [6.07, 6.45) is 1.37. The fourth-order valence-corrected chi connectivity index (χ4v) is 5.23. The van der Waals surface area contributed by atoms with E-state index in [-0.39, 0.29) is 23.5 Å². The first-order valence-corrected chi connectivity index (χ1v) is 10.7. The van der Waals surface area contributed by atoms with Gasteiger partial charge in [-0.05, 0) is 30.7 Å². The van der Waals surface area contributed by atoms with Crippen molar-refractivity contribution in [2.45, 2.75) is 25.3 Å². The van der Waals surface area contributed by atoms with Crippen molar-refractivity contribution in [2.24, 2.45) is 0 Å². The zero-order chi connectivity index (χ0) is 17.9. The maximum atomic E-state index is 12.0. The lowest BCUT2D eigenvalue weighted by Crippen LogP contribution is -2.35. The number of sulfone groups is 1. The minimum Gasteiger partial charge on any atom is -0.497 e. The van der Waals surface area contributed by atoms with E-state index in [9.17, 15) is 13.2 Å². The first kappa shape index (κ1) is 17.9. The molecule has 2 aromatic rings. The quantitative estimate of drug-likeness (QED) is 0.829. The van der Waals surface area contributed by atoms with Gasteiger partial charge in [0.1, 0.15) is 5.75 Å². The molecule has 1 fully saturated rings. The average molecular weight is 380 g/mol. The molecule has 1 unspecified atom stereocenters. The molecule has 134 valence electrons. The van der Waals surface area contributed by atoms with Crippen molar-refractivity contribution in [1.82, 2.24) is 10.3 Å². The Morgan fingerprint density at radius 1 is 1.36 bits per heavy atom. The van der Waals surface area contributed by atoms with Gasteiger partial charge in [0.2, 0.25) is 5.91 Å². The predicted molar refractivity (Wildman–Crippen MR) is 97.6 cm³/mol. The molecule has 8 heteroatoms. The number of nitrogens with zero attached hydrogens (tertiary/aromatic N) is 1. The third kappa shape index (κ3) is 4.79. The standard InChI is InChI=1S/C17H20N2O4S2/c1-23-14-4-2-12(3-5-14)15-10-24-17(19-15)7-6-16(20)18-13-8-9-25(21,22)11-13/h2-5,10,13H,6-9,11H2,1H3,(H,18,20). The summed E-state index contributed by atoms with van der Waals surface area (Å²) in [6.45, 7) is 0. The number of carbonyl (C=O) groups excluding carboxylic acids is 1. The number of aromatic nitrogens is 1. The van der Waals surface area contributed by atoms with Gasteiger partial charge in [0.15, 0.2) is 9.84 Å². The average Bonchev–Trinajstić information content (AvgIpc) is 3.19. The van der Waals surface area contributed by atoms with E-state index >= 15 is 0 Å². The molecular weight excluding hydrogens is 360 g/mol. The highest BCUT2D eigenvalue weighted by Crippen LogP contribution is 2.24. The summed E-state index contributed by atoms with van der Waals surface area (Å²) in [5.41, 5.74) is 1.88. The summed E-state index contributed by atoms with van der Waals surface area (Å²) in [5, 5.41) is 5.66. The van der Waals surface area contributed by atoms with Gasteiger partial charge in [0.05, 0.1) is 29.3 Å². The van der Waals surface area contributed by atoms with Crippen LogP contribution in [0.25, 0.3) is 11.3 Å². The molecule has 0 aliphatic carbocycles. The van der Waals surface area contributed by atoms with Gasteiger partial charge in [-0.3, -0.25) is 4.79 Å². The van der Waals surface area contributed by atoms with Crippen molar-refractivity contribution in [3.8, 4) is 17.0 Å². The molecule has 1 aliphatic heterocycles. The first-order valence-electron chi connectivity index (χ1n) is 8.04. The summed E-state index contributed by atoms with van der Waals surface area (Å²) >= 11 is 1.52. The number of nitrogens with one attached hydrogen (secondary N) is 1. The molecule has 0 spiro atoms. The summed E-state index contributed by atoms with van der Waals surface area (Å²) < 4.78 is 28.0. The monoisotopic (exact) mass is 380 g/mol. The highest BCUT2D eigenvalue weighted by molar-refractivity contribution is 7.91. The summed E-state index contributed by atoms with van der Waals surface area (Å²) in [4.78, 5) is 16.6. The molecule has 0 radical (unpaired) electrons. The van der Waals surface area contributed by atoms with Gasteiger partial charge in [-0.2, -0.15) is 0 Å². The van der Waals surface area contributed by atoms with E-state index in [4.69, 9.17) is 4.74 Å². The Hall–Kier alpha value is -1.93. The second kappa shape index (κ2) is 7.53. The van der Waals surface area contributed by atoms with Crippen LogP contribution in [-0.4, -0.2) is 44.0 Å². The highest BCUT2D eigenvalue weighted by atomic mass is 32.2. The van der Waals surface area contributed by atoms with Crippen LogP contribution in [0.4, 0.5) is 0 Å². The Morgan fingerprint density at radius 3 is 2.76 bits per heavy atom. The molecule has 1 saturated heterocycles. The van der Waals surface area contributed by atoms with Gasteiger partial charge < -0.3 is 10.1 Å². The Kier molecular flexibility index (Phi) is 5.39. The van der Waals surface area contributed by atoms with E-state index < -0.39 is 9.84 Å². The van der Waals surface area contributed by atoms with Crippen LogP contribution in [0.3, 0.4) is 0 Å². The zero-order valence-electron chi connectivity index (χ0n) is 13.9. The third-order valence-electron chi connectivity index (χ3n) is 4.10. The van der Waals surface area contributed by atoms with Crippen LogP contribution in [0.15, 0.2) is 29.6 Å². The third-order valence-corrected chi connectivity index (χ3v) is 6.78. The normalized spacial score (nSPS) is 18.8. The number of benzene rings is 1. The van der Waals surface area contributed by atoms with E-state index in [1.165, 1.54) is 11.3 Å². The first-order chi connectivity index (χ1) is 11.9. The largest absolute Gasteiger partial charge is 0.497 e. The Labute approximate surface area is 151 Å². The zero-order valence-corrected chi connectivity index (χ0v) is 15.5. The van der Waals surface area contributed by atoms with Crippen LogP contribution < -0.4 is 10.1 Å². The minimum atomic E-state index is -2.97. The minimum absolute atomic E-state index is 0.0532. The van der Waals surface area contributed by atoms with Gasteiger partial charge in [-0.1, -0.05) is 0 Å². The number of methoxy groups -OCH3 is 1. The van der Waals surface area contributed by atoms with Crippen LogP contribution in [0.5, 0.6) is 5.75 Å². The van der Waals surface area contributed by atoms with Crippen LogP contribution in [0.2, 0.25) is 0 Å². The van der Waals surface area contributed by atoms with Crippen molar-refractivity contribution >= 4 is 27.1 Å². The molecule has 1 amide bonds. The molecule has 0 bridgehead atoms. The summed E-state index contributed by atoms with van der Waals surface area (Å²) in [6, 6.07) is 7.42. The lowest BCUT2D eigenvalue weighted by atomic mass is 10.2. The number of rotatable bonds is 6. The lowest BCUT2D eigenvalue weighted by Gasteiger charge is -2.09. The number of carbonyl (C=O) groups is 1.